The fourth-order valence-electron chi connectivity index (χ4n) is 2.12. The summed E-state index contributed by atoms with van der Waals surface area (Å²) < 4.78 is 13.2. The highest BCUT2D eigenvalue weighted by atomic mass is 19.1. The number of fused-ring (bicyclic) bond motifs is 1. The summed E-state index contributed by atoms with van der Waals surface area (Å²) in [5.74, 6) is -0.617. The van der Waals surface area contributed by atoms with Crippen LogP contribution in [0.2, 0.25) is 0 Å². The molecular formula is C16H13FN2O. The molecule has 0 radical (unpaired) electrons. The average Bonchev–Trinajstić information content (AvgIpc) is 2.90. The van der Waals surface area contributed by atoms with E-state index in [0.717, 1.165) is 16.5 Å². The Morgan fingerprint density at radius 1 is 1.15 bits per heavy atom. The van der Waals surface area contributed by atoms with Crippen molar-refractivity contribution < 1.29 is 9.18 Å². The minimum atomic E-state index is -0.369. The number of H-pyrrole nitrogens is 1. The molecule has 20 heavy (non-hydrogen) atoms. The minimum absolute atomic E-state index is 0.248. The van der Waals surface area contributed by atoms with E-state index in [9.17, 15) is 9.18 Å². The molecule has 0 atom stereocenters. The van der Waals surface area contributed by atoms with Crippen molar-refractivity contribution in [3.63, 3.8) is 0 Å². The largest absolute Gasteiger partial charge is 0.361 e. The van der Waals surface area contributed by atoms with E-state index in [1.807, 2.05) is 25.3 Å². The smallest absolute Gasteiger partial charge is 0.255 e. The van der Waals surface area contributed by atoms with Crippen LogP contribution in [0, 0.1) is 12.7 Å². The van der Waals surface area contributed by atoms with Crippen molar-refractivity contribution in [3.8, 4) is 0 Å². The first-order valence-electron chi connectivity index (χ1n) is 6.28. The molecule has 0 bridgehead atoms. The lowest BCUT2D eigenvalue weighted by atomic mass is 10.1. The molecule has 1 heterocycles. The van der Waals surface area contributed by atoms with E-state index in [1.165, 1.54) is 12.1 Å². The molecule has 1 aromatic heterocycles. The highest BCUT2D eigenvalue weighted by Gasteiger charge is 2.09. The first kappa shape index (κ1) is 12.4. The van der Waals surface area contributed by atoms with Crippen LogP contribution in [-0.2, 0) is 0 Å². The van der Waals surface area contributed by atoms with Crippen LogP contribution < -0.4 is 5.32 Å². The van der Waals surface area contributed by atoms with E-state index in [-0.39, 0.29) is 11.7 Å². The molecule has 0 aliphatic carbocycles. The fraction of sp³-hybridized carbons (Fsp3) is 0.0625. The number of halogens is 1. The quantitative estimate of drug-likeness (QED) is 0.728. The summed E-state index contributed by atoms with van der Waals surface area (Å²) in [7, 11) is 0. The van der Waals surface area contributed by atoms with E-state index in [4.69, 9.17) is 0 Å². The number of aryl methyl sites for hydroxylation is 1. The lowest BCUT2D eigenvalue weighted by molar-refractivity contribution is 0.102. The molecular weight excluding hydrogens is 255 g/mol. The second-order valence-corrected chi connectivity index (χ2v) is 4.69. The number of hydrogen-bond acceptors (Lipinski definition) is 1. The van der Waals surface area contributed by atoms with Crippen LogP contribution in [0.1, 0.15) is 15.9 Å². The van der Waals surface area contributed by atoms with Gasteiger partial charge in [0.2, 0.25) is 0 Å². The van der Waals surface area contributed by atoms with Crippen LogP contribution in [0.4, 0.5) is 10.1 Å². The number of aromatic amines is 1. The third-order valence-corrected chi connectivity index (χ3v) is 3.26. The van der Waals surface area contributed by atoms with Gasteiger partial charge in [-0.3, -0.25) is 4.79 Å². The number of hydrogen-bond donors (Lipinski definition) is 2. The Labute approximate surface area is 115 Å². The Kier molecular flexibility index (Phi) is 2.99. The van der Waals surface area contributed by atoms with Crippen LogP contribution in [0.25, 0.3) is 10.9 Å². The summed E-state index contributed by atoms with van der Waals surface area (Å²) in [6, 6.07) is 11.6. The predicted octanol–water partition coefficient (Wildman–Crippen LogP) is 3.87. The van der Waals surface area contributed by atoms with Gasteiger partial charge in [0.1, 0.15) is 5.82 Å². The maximum Gasteiger partial charge on any atom is 0.255 e. The first-order chi connectivity index (χ1) is 9.63. The van der Waals surface area contributed by atoms with Crippen LogP contribution in [0.5, 0.6) is 0 Å². The first-order valence-corrected chi connectivity index (χ1v) is 6.28. The zero-order valence-electron chi connectivity index (χ0n) is 10.9. The molecule has 100 valence electrons. The highest BCUT2D eigenvalue weighted by Crippen LogP contribution is 2.19. The third kappa shape index (κ3) is 2.28. The van der Waals surface area contributed by atoms with Gasteiger partial charge in [0, 0.05) is 28.4 Å². The number of benzene rings is 2. The molecule has 4 heteroatoms. The summed E-state index contributed by atoms with van der Waals surface area (Å²) in [6.07, 6.45) is 1.82. The Balaban J connectivity index is 1.90. The Hall–Kier alpha value is -2.62. The van der Waals surface area contributed by atoms with Crippen LogP contribution in [0.15, 0.2) is 48.7 Å². The zero-order chi connectivity index (χ0) is 14.1. The van der Waals surface area contributed by atoms with Gasteiger partial charge in [-0.05, 0) is 48.9 Å². The van der Waals surface area contributed by atoms with Gasteiger partial charge in [-0.1, -0.05) is 6.07 Å². The number of anilines is 1. The topological polar surface area (TPSA) is 44.9 Å². The normalized spacial score (nSPS) is 10.7. The summed E-state index contributed by atoms with van der Waals surface area (Å²) in [5.41, 5.74) is 2.83. The number of amides is 1. The standard InChI is InChI=1S/C16H13FN2O/c1-10-2-4-13(17)9-15(10)19-16(20)12-3-5-14-11(8-12)6-7-18-14/h2-9,18H,1H3,(H,19,20). The predicted molar refractivity (Wildman–Crippen MR) is 77.4 cm³/mol. The van der Waals surface area contributed by atoms with Gasteiger partial charge < -0.3 is 10.3 Å². The third-order valence-electron chi connectivity index (χ3n) is 3.26. The molecule has 0 saturated heterocycles. The van der Waals surface area contributed by atoms with Gasteiger partial charge >= 0.3 is 0 Å². The van der Waals surface area contributed by atoms with Crippen molar-refractivity contribution in [1.29, 1.82) is 0 Å². The molecule has 3 aromatic rings. The van der Waals surface area contributed by atoms with Crippen LogP contribution in [0.3, 0.4) is 0 Å². The molecule has 3 rings (SSSR count). The minimum Gasteiger partial charge on any atom is -0.361 e. The fourth-order valence-corrected chi connectivity index (χ4v) is 2.12. The molecule has 1 amide bonds. The van der Waals surface area contributed by atoms with Crippen molar-refractivity contribution in [2.45, 2.75) is 6.92 Å². The van der Waals surface area contributed by atoms with Crippen molar-refractivity contribution >= 4 is 22.5 Å². The van der Waals surface area contributed by atoms with Gasteiger partial charge in [0.05, 0.1) is 0 Å². The molecule has 2 aromatic carbocycles. The summed E-state index contributed by atoms with van der Waals surface area (Å²) in [5, 5.41) is 3.70. The average molecular weight is 268 g/mol. The monoisotopic (exact) mass is 268 g/mol. The molecule has 0 aliphatic rings. The van der Waals surface area contributed by atoms with Gasteiger partial charge in [-0.2, -0.15) is 0 Å². The van der Waals surface area contributed by atoms with E-state index in [0.29, 0.717) is 11.3 Å². The molecule has 3 nitrogen and oxygen atoms in total. The van der Waals surface area contributed by atoms with Gasteiger partial charge in [0.25, 0.3) is 5.91 Å². The van der Waals surface area contributed by atoms with Gasteiger partial charge in [-0.25, -0.2) is 4.39 Å². The zero-order valence-corrected chi connectivity index (χ0v) is 10.9. The molecule has 0 saturated carbocycles. The second kappa shape index (κ2) is 4.81. The highest BCUT2D eigenvalue weighted by molar-refractivity contribution is 6.06. The van der Waals surface area contributed by atoms with Crippen LogP contribution in [-0.4, -0.2) is 10.9 Å². The van der Waals surface area contributed by atoms with Crippen molar-refractivity contribution in [1.82, 2.24) is 4.98 Å². The summed E-state index contributed by atoms with van der Waals surface area (Å²) in [6.45, 7) is 1.82. The Morgan fingerprint density at radius 2 is 2.00 bits per heavy atom. The molecule has 0 unspecified atom stereocenters. The summed E-state index contributed by atoms with van der Waals surface area (Å²) >= 11 is 0. The number of nitrogens with one attached hydrogen (secondary N) is 2. The molecule has 0 spiro atoms. The van der Waals surface area contributed by atoms with Crippen molar-refractivity contribution in [2.24, 2.45) is 0 Å². The molecule has 2 N–H and O–H groups in total. The van der Waals surface area contributed by atoms with Gasteiger partial charge in [0.15, 0.2) is 0 Å². The summed E-state index contributed by atoms with van der Waals surface area (Å²) in [4.78, 5) is 15.3. The van der Waals surface area contributed by atoms with Gasteiger partial charge in [-0.15, -0.1) is 0 Å². The van der Waals surface area contributed by atoms with E-state index in [2.05, 4.69) is 10.3 Å². The Bertz CT molecular complexity index is 792. The second-order valence-electron chi connectivity index (χ2n) is 4.69. The number of carbonyl (C=O) groups is 1. The number of aromatic nitrogens is 1. The number of carbonyl (C=O) groups excluding carboxylic acids is 1. The molecule has 0 fully saturated rings. The Morgan fingerprint density at radius 3 is 2.85 bits per heavy atom. The maximum absolute atomic E-state index is 13.2. The van der Waals surface area contributed by atoms with Crippen molar-refractivity contribution in [3.05, 3.63) is 65.6 Å². The van der Waals surface area contributed by atoms with Crippen molar-refractivity contribution in [2.75, 3.05) is 5.32 Å². The lowest BCUT2D eigenvalue weighted by Gasteiger charge is -2.08. The van der Waals surface area contributed by atoms with E-state index < -0.39 is 0 Å². The van der Waals surface area contributed by atoms with Crippen LogP contribution >= 0.6 is 0 Å². The lowest BCUT2D eigenvalue weighted by Crippen LogP contribution is -2.12. The van der Waals surface area contributed by atoms with E-state index in [1.54, 1.807) is 18.2 Å². The maximum atomic E-state index is 13.2. The SMILES string of the molecule is Cc1ccc(F)cc1NC(=O)c1ccc2[nH]ccc2c1. The van der Waals surface area contributed by atoms with E-state index >= 15 is 0 Å². The number of rotatable bonds is 2. The molecule has 0 aliphatic heterocycles.